The molecule has 2 aliphatic heterocycles. The summed E-state index contributed by atoms with van der Waals surface area (Å²) in [4.78, 5) is 34.7. The van der Waals surface area contributed by atoms with Gasteiger partial charge in [0.05, 0.1) is 19.8 Å². The van der Waals surface area contributed by atoms with Crippen LogP contribution in [0.15, 0.2) is 30.5 Å². The second-order valence-electron chi connectivity index (χ2n) is 6.60. The number of pyridine rings is 2. The molecule has 4 heterocycles. The summed E-state index contributed by atoms with van der Waals surface area (Å²) in [6, 6.07) is 5.31. The highest BCUT2D eigenvalue weighted by molar-refractivity contribution is 6.00. The predicted octanol–water partition coefficient (Wildman–Crippen LogP) is 2.08. The van der Waals surface area contributed by atoms with Crippen molar-refractivity contribution in [2.45, 2.75) is 12.5 Å². The third-order valence-electron chi connectivity index (χ3n) is 5.13. The van der Waals surface area contributed by atoms with Crippen molar-refractivity contribution in [3.8, 4) is 0 Å². The maximum Gasteiger partial charge on any atom is 0.428 e. The van der Waals surface area contributed by atoms with Crippen molar-refractivity contribution >= 4 is 29.3 Å². The normalized spacial score (nSPS) is 23.5. The first kappa shape index (κ1) is 16.4. The molecule has 0 spiro atoms. The van der Waals surface area contributed by atoms with E-state index in [2.05, 4.69) is 20.2 Å². The summed E-state index contributed by atoms with van der Waals surface area (Å²) in [6.45, 7) is 1.46. The monoisotopic (exact) mass is 358 g/mol. The molecule has 0 aromatic carbocycles. The number of likely N-dealkylation sites (N-methyl/N-ethyl adjacent to an activating group) is 1. The zero-order chi connectivity index (χ0) is 18.5. The average molecular weight is 358 g/mol. The summed E-state index contributed by atoms with van der Waals surface area (Å²) in [5.41, 5.74) is 0.650. The Morgan fingerprint density at radius 1 is 1.35 bits per heavy atom. The van der Waals surface area contributed by atoms with E-state index in [0.29, 0.717) is 12.4 Å². The number of aromatic carboxylic acids is 1. The molecule has 2 atom stereocenters. The van der Waals surface area contributed by atoms with Gasteiger partial charge in [-0.05, 0) is 24.3 Å². The number of quaternary nitrogens is 1. The van der Waals surface area contributed by atoms with Gasteiger partial charge < -0.3 is 10.0 Å². The fraction of sp³-hybridized carbons (Fsp3) is 0.294. The standard InChI is InChI=1S/C17H16FN5O3/c1-23(17(26)21-14-5-2-10(18)8-19-14)11-6-7-22(9-11)13-4-3-12(16(24)25)20-15(13)23/h2-5,8,11H,6-7,9H2,1H3,(H-,19,21,24,25,26)/p+1. The molecule has 0 saturated carbocycles. The average Bonchev–Trinajstić information content (AvgIpc) is 3.08. The number of carboxylic acid groups (broad SMARTS) is 1. The van der Waals surface area contributed by atoms with Crippen LogP contribution in [0.2, 0.25) is 0 Å². The number of anilines is 2. The van der Waals surface area contributed by atoms with Gasteiger partial charge in [0, 0.05) is 13.0 Å². The Morgan fingerprint density at radius 2 is 2.15 bits per heavy atom. The number of fused-ring (bicyclic) bond motifs is 4. The van der Waals surface area contributed by atoms with Gasteiger partial charge in [0.15, 0.2) is 5.69 Å². The van der Waals surface area contributed by atoms with Gasteiger partial charge in [-0.15, -0.1) is 0 Å². The SMILES string of the molecule is C[N+]1(C(=O)Nc2ccc(F)cn2)c2nc(C(=O)O)ccc2N2CCC1C2. The first-order valence-electron chi connectivity index (χ1n) is 8.19. The topological polar surface area (TPSA) is 95.4 Å². The van der Waals surface area contributed by atoms with E-state index in [9.17, 15) is 19.1 Å². The highest BCUT2D eigenvalue weighted by atomic mass is 19.1. The number of carboxylic acids is 1. The van der Waals surface area contributed by atoms with Crippen LogP contribution >= 0.6 is 0 Å². The number of hydrogen-bond donors (Lipinski definition) is 2. The number of rotatable bonds is 2. The number of urea groups is 1. The summed E-state index contributed by atoms with van der Waals surface area (Å²) in [6.07, 6.45) is 1.80. The third-order valence-corrected chi connectivity index (χ3v) is 5.13. The fourth-order valence-corrected chi connectivity index (χ4v) is 3.64. The van der Waals surface area contributed by atoms with Gasteiger partial charge in [-0.2, -0.15) is 9.47 Å². The number of amides is 2. The van der Waals surface area contributed by atoms with E-state index in [-0.39, 0.29) is 28.1 Å². The molecule has 2 aromatic rings. The van der Waals surface area contributed by atoms with Gasteiger partial charge in [-0.1, -0.05) is 0 Å². The van der Waals surface area contributed by atoms with Crippen molar-refractivity contribution in [3.05, 3.63) is 42.0 Å². The zero-order valence-electron chi connectivity index (χ0n) is 14.0. The van der Waals surface area contributed by atoms with Crippen molar-refractivity contribution in [3.63, 3.8) is 0 Å². The fourth-order valence-electron chi connectivity index (χ4n) is 3.64. The van der Waals surface area contributed by atoms with Crippen LogP contribution in [-0.4, -0.2) is 53.3 Å². The highest BCUT2D eigenvalue weighted by Gasteiger charge is 2.53. The summed E-state index contributed by atoms with van der Waals surface area (Å²) in [5, 5.41) is 12.0. The lowest BCUT2D eigenvalue weighted by molar-refractivity contribution is 0.0689. The van der Waals surface area contributed by atoms with Gasteiger partial charge in [0.2, 0.25) is 0 Å². The number of carbonyl (C=O) groups excluding carboxylic acids is 1. The van der Waals surface area contributed by atoms with Crippen LogP contribution in [0.25, 0.3) is 0 Å². The van der Waals surface area contributed by atoms with Gasteiger partial charge in [-0.3, -0.25) is 5.32 Å². The molecule has 2 bridgehead atoms. The molecule has 0 radical (unpaired) electrons. The van der Waals surface area contributed by atoms with E-state index >= 15 is 0 Å². The molecule has 1 fully saturated rings. The van der Waals surface area contributed by atoms with Crippen molar-refractivity contribution in [1.82, 2.24) is 14.5 Å². The third kappa shape index (κ3) is 2.39. The van der Waals surface area contributed by atoms with E-state index in [1.54, 1.807) is 13.1 Å². The number of aromatic nitrogens is 2. The van der Waals surface area contributed by atoms with Gasteiger partial charge >= 0.3 is 12.0 Å². The minimum Gasteiger partial charge on any atom is -0.477 e. The van der Waals surface area contributed by atoms with Crippen LogP contribution in [0.4, 0.5) is 26.5 Å². The van der Waals surface area contributed by atoms with Gasteiger partial charge in [-0.25, -0.2) is 19.0 Å². The molecule has 9 heteroatoms. The molecule has 2 unspecified atom stereocenters. The van der Waals surface area contributed by atoms with Crippen LogP contribution in [-0.2, 0) is 0 Å². The maximum absolute atomic E-state index is 13.1. The van der Waals surface area contributed by atoms with Crippen LogP contribution in [0.5, 0.6) is 0 Å². The molecular weight excluding hydrogens is 341 g/mol. The molecule has 1 saturated heterocycles. The van der Waals surface area contributed by atoms with E-state index in [1.807, 2.05) is 0 Å². The Balaban J connectivity index is 1.76. The minimum absolute atomic E-state index is 0.0560. The molecule has 8 nitrogen and oxygen atoms in total. The lowest BCUT2D eigenvalue weighted by Gasteiger charge is -2.40. The van der Waals surface area contributed by atoms with Crippen LogP contribution in [0, 0.1) is 5.82 Å². The second kappa shape index (κ2) is 5.73. The summed E-state index contributed by atoms with van der Waals surface area (Å²) >= 11 is 0. The summed E-state index contributed by atoms with van der Waals surface area (Å²) in [7, 11) is 1.73. The van der Waals surface area contributed by atoms with E-state index in [0.717, 1.165) is 24.8 Å². The zero-order valence-corrected chi connectivity index (χ0v) is 14.0. The molecule has 0 aliphatic carbocycles. The highest BCUT2D eigenvalue weighted by Crippen LogP contribution is 2.43. The minimum atomic E-state index is -1.15. The Kier molecular flexibility index (Phi) is 3.62. The number of hydrogen-bond acceptors (Lipinski definition) is 5. The second-order valence-corrected chi connectivity index (χ2v) is 6.60. The Labute approximate surface area is 148 Å². The Hall–Kier alpha value is -3.07. The molecule has 2 aliphatic rings. The first-order valence-corrected chi connectivity index (χ1v) is 8.19. The van der Waals surface area contributed by atoms with Crippen molar-refractivity contribution in [2.24, 2.45) is 0 Å². The Bertz CT molecular complexity index is 904. The quantitative estimate of drug-likeness (QED) is 0.798. The predicted molar refractivity (Wildman–Crippen MR) is 92.7 cm³/mol. The number of carbonyl (C=O) groups is 2. The van der Waals surface area contributed by atoms with E-state index in [4.69, 9.17) is 0 Å². The van der Waals surface area contributed by atoms with Crippen LogP contribution in [0.3, 0.4) is 0 Å². The molecule has 4 rings (SSSR count). The summed E-state index contributed by atoms with van der Waals surface area (Å²) in [5.74, 6) is -1.01. The molecular formula is C17H17FN5O3+. The Morgan fingerprint density at radius 3 is 2.85 bits per heavy atom. The molecule has 2 aromatic heterocycles. The largest absolute Gasteiger partial charge is 0.477 e. The van der Waals surface area contributed by atoms with Crippen LogP contribution < -0.4 is 14.7 Å². The molecule has 26 heavy (non-hydrogen) atoms. The summed E-state index contributed by atoms with van der Waals surface area (Å²) < 4.78 is 12.9. The first-order chi connectivity index (χ1) is 12.4. The van der Waals surface area contributed by atoms with Crippen molar-refractivity contribution in [2.75, 3.05) is 30.4 Å². The van der Waals surface area contributed by atoms with Crippen molar-refractivity contribution < 1.29 is 19.1 Å². The number of halogens is 1. The van der Waals surface area contributed by atoms with Crippen LogP contribution in [0.1, 0.15) is 16.9 Å². The number of nitrogens with one attached hydrogen (secondary N) is 1. The van der Waals surface area contributed by atoms with E-state index < -0.39 is 11.8 Å². The lowest BCUT2D eigenvalue weighted by atomic mass is 10.1. The smallest absolute Gasteiger partial charge is 0.428 e. The molecule has 134 valence electrons. The van der Waals surface area contributed by atoms with Gasteiger partial charge in [0.25, 0.3) is 5.82 Å². The molecule has 2 N–H and O–H groups in total. The van der Waals surface area contributed by atoms with E-state index in [1.165, 1.54) is 18.2 Å². The van der Waals surface area contributed by atoms with Gasteiger partial charge in [0.1, 0.15) is 23.4 Å². The maximum atomic E-state index is 13.1. The van der Waals surface area contributed by atoms with Crippen molar-refractivity contribution in [1.29, 1.82) is 0 Å². The molecule has 2 amide bonds. The number of nitrogens with zero attached hydrogens (tertiary/aromatic N) is 4. The lowest BCUT2D eigenvalue weighted by Crippen LogP contribution is -2.63.